The fraction of sp³-hybridized carbons (Fsp3) is 0.577. The summed E-state index contributed by atoms with van der Waals surface area (Å²) in [5.74, 6) is -0.174. The fourth-order valence-corrected chi connectivity index (χ4v) is 5.57. The monoisotopic (exact) mass is 548 g/mol. The van der Waals surface area contributed by atoms with E-state index in [1.165, 1.54) is 16.9 Å². The first-order valence-electron chi connectivity index (χ1n) is 13.1. The van der Waals surface area contributed by atoms with Gasteiger partial charge < -0.3 is 10.2 Å². The number of hydrogen-bond donors (Lipinski definition) is 3. The first-order chi connectivity index (χ1) is 18.1. The van der Waals surface area contributed by atoms with Gasteiger partial charge >= 0.3 is 0 Å². The molecule has 2 aliphatic heterocycles. The van der Waals surface area contributed by atoms with Crippen LogP contribution in [-0.2, 0) is 24.6 Å². The van der Waals surface area contributed by atoms with E-state index in [0.29, 0.717) is 31.8 Å². The highest BCUT2D eigenvalue weighted by Gasteiger charge is 2.27. The zero-order valence-electron chi connectivity index (χ0n) is 22.3. The third-order valence-corrected chi connectivity index (χ3v) is 8.78. The first-order valence-corrected chi connectivity index (χ1v) is 14.6. The third-order valence-electron chi connectivity index (χ3n) is 7.13. The average Bonchev–Trinajstić information content (AvgIpc) is 2.90. The van der Waals surface area contributed by atoms with Gasteiger partial charge in [-0.15, -0.1) is 6.58 Å². The van der Waals surface area contributed by atoms with Crippen molar-refractivity contribution in [3.8, 4) is 0 Å². The van der Waals surface area contributed by atoms with Crippen LogP contribution >= 0.6 is 0 Å². The van der Waals surface area contributed by atoms with E-state index in [-0.39, 0.29) is 37.4 Å². The van der Waals surface area contributed by atoms with Gasteiger partial charge in [-0.25, -0.2) is 4.72 Å². The number of piperidine rings is 2. The first kappa shape index (κ1) is 29.8. The SMILES string of the molecule is C=CCN(CCNS(=O)(=O)N(C)CC)C(=O)CN1CCC(c2ccc(NC3CCC(=O)NC3=O)cc2)CC1. The minimum absolute atomic E-state index is 0.0460. The van der Waals surface area contributed by atoms with Crippen molar-refractivity contribution in [3.63, 3.8) is 0 Å². The number of benzene rings is 1. The van der Waals surface area contributed by atoms with E-state index < -0.39 is 16.3 Å². The van der Waals surface area contributed by atoms with Crippen LogP contribution in [-0.4, -0.2) is 99.1 Å². The summed E-state index contributed by atoms with van der Waals surface area (Å²) >= 11 is 0. The van der Waals surface area contributed by atoms with E-state index in [1.54, 1.807) is 17.9 Å². The summed E-state index contributed by atoms with van der Waals surface area (Å²) in [6.45, 7) is 8.50. The van der Waals surface area contributed by atoms with Gasteiger partial charge in [0.25, 0.3) is 10.2 Å². The second kappa shape index (κ2) is 13.8. The number of nitrogens with zero attached hydrogens (tertiary/aromatic N) is 3. The molecular formula is C26H40N6O5S. The average molecular weight is 549 g/mol. The Kier molecular flexibility index (Phi) is 10.8. The van der Waals surface area contributed by atoms with Gasteiger partial charge in [0, 0.05) is 45.3 Å². The van der Waals surface area contributed by atoms with Crippen LogP contribution in [0.1, 0.15) is 44.1 Å². The van der Waals surface area contributed by atoms with E-state index >= 15 is 0 Å². The van der Waals surface area contributed by atoms with Gasteiger partial charge in [0.15, 0.2) is 0 Å². The number of anilines is 1. The van der Waals surface area contributed by atoms with Gasteiger partial charge in [0.2, 0.25) is 17.7 Å². The maximum atomic E-state index is 12.9. The number of carbonyl (C=O) groups excluding carboxylic acids is 3. The second-order valence-corrected chi connectivity index (χ2v) is 11.6. The van der Waals surface area contributed by atoms with Crippen molar-refractivity contribution < 1.29 is 22.8 Å². The molecule has 0 radical (unpaired) electrons. The zero-order chi connectivity index (χ0) is 27.7. The van der Waals surface area contributed by atoms with Crippen molar-refractivity contribution >= 4 is 33.6 Å². The number of amides is 3. The van der Waals surface area contributed by atoms with Crippen LogP contribution in [0.25, 0.3) is 0 Å². The Hall–Kier alpha value is -2.80. The smallest absolute Gasteiger partial charge is 0.279 e. The summed E-state index contributed by atoms with van der Waals surface area (Å²) in [5.41, 5.74) is 2.07. The van der Waals surface area contributed by atoms with Gasteiger partial charge in [-0.3, -0.25) is 24.6 Å². The van der Waals surface area contributed by atoms with Crippen molar-refractivity contribution in [2.24, 2.45) is 0 Å². The van der Waals surface area contributed by atoms with Gasteiger partial charge in [-0.1, -0.05) is 25.1 Å². The molecule has 0 bridgehead atoms. The highest BCUT2D eigenvalue weighted by molar-refractivity contribution is 7.87. The highest BCUT2D eigenvalue weighted by Crippen LogP contribution is 2.29. The number of carbonyl (C=O) groups is 3. The maximum Gasteiger partial charge on any atom is 0.279 e. The fourth-order valence-electron chi connectivity index (χ4n) is 4.66. The molecule has 2 fully saturated rings. The largest absolute Gasteiger partial charge is 0.374 e. The standard InChI is InChI=1S/C26H40N6O5S/c1-4-15-32(18-14-27-38(36,37)30(3)5-2)25(34)19-31-16-12-21(13-17-31)20-6-8-22(9-7-20)28-23-10-11-24(33)29-26(23)35/h4,6-9,21,23,27-28H,1,5,10-19H2,2-3H3,(H,29,33,35). The molecule has 1 aromatic carbocycles. The van der Waals surface area contributed by atoms with Crippen LogP contribution in [0.2, 0.25) is 0 Å². The molecule has 2 saturated heterocycles. The normalized spacial score (nSPS) is 19.3. The van der Waals surface area contributed by atoms with Gasteiger partial charge in [0.05, 0.1) is 6.54 Å². The molecule has 38 heavy (non-hydrogen) atoms. The lowest BCUT2D eigenvalue weighted by Crippen LogP contribution is -2.47. The summed E-state index contributed by atoms with van der Waals surface area (Å²) in [6.07, 6.45) is 4.33. The summed E-state index contributed by atoms with van der Waals surface area (Å²) in [5, 5.41) is 5.56. The number of nitrogens with one attached hydrogen (secondary N) is 3. The molecule has 2 aliphatic rings. The lowest BCUT2D eigenvalue weighted by Gasteiger charge is -2.33. The van der Waals surface area contributed by atoms with E-state index in [2.05, 4.69) is 39.0 Å². The van der Waals surface area contributed by atoms with E-state index in [0.717, 1.165) is 31.6 Å². The van der Waals surface area contributed by atoms with Crippen LogP contribution in [0.3, 0.4) is 0 Å². The molecule has 3 N–H and O–H groups in total. The predicted octanol–water partition coefficient (Wildman–Crippen LogP) is 0.884. The van der Waals surface area contributed by atoms with Gasteiger partial charge in [0.1, 0.15) is 6.04 Å². The molecule has 0 spiro atoms. The zero-order valence-corrected chi connectivity index (χ0v) is 23.1. The summed E-state index contributed by atoms with van der Waals surface area (Å²) in [4.78, 5) is 40.0. The van der Waals surface area contributed by atoms with E-state index in [1.807, 2.05) is 12.1 Å². The number of likely N-dealkylation sites (tertiary alicyclic amines) is 1. The molecule has 3 rings (SSSR count). The van der Waals surface area contributed by atoms with Crippen molar-refractivity contribution in [2.75, 3.05) is 58.2 Å². The lowest BCUT2D eigenvalue weighted by atomic mass is 9.89. The molecule has 210 valence electrons. The summed E-state index contributed by atoms with van der Waals surface area (Å²) in [7, 11) is -2.04. The molecule has 11 nitrogen and oxygen atoms in total. The minimum Gasteiger partial charge on any atom is -0.374 e. The molecule has 1 atom stereocenters. The van der Waals surface area contributed by atoms with Crippen LogP contribution in [0, 0.1) is 0 Å². The highest BCUT2D eigenvalue weighted by atomic mass is 32.2. The van der Waals surface area contributed by atoms with Crippen molar-refractivity contribution in [1.29, 1.82) is 0 Å². The predicted molar refractivity (Wildman–Crippen MR) is 147 cm³/mol. The minimum atomic E-state index is -3.55. The van der Waals surface area contributed by atoms with Crippen LogP contribution in [0.5, 0.6) is 0 Å². The maximum absolute atomic E-state index is 12.9. The van der Waals surface area contributed by atoms with Crippen LogP contribution < -0.4 is 15.4 Å². The number of rotatable bonds is 13. The third kappa shape index (κ3) is 8.35. The molecular weight excluding hydrogens is 508 g/mol. The molecule has 0 aliphatic carbocycles. The Morgan fingerprint density at radius 3 is 2.47 bits per heavy atom. The molecule has 1 unspecified atom stereocenters. The number of imide groups is 1. The molecule has 0 aromatic heterocycles. The van der Waals surface area contributed by atoms with E-state index in [9.17, 15) is 22.8 Å². The summed E-state index contributed by atoms with van der Waals surface area (Å²) < 4.78 is 28.0. The van der Waals surface area contributed by atoms with E-state index in [4.69, 9.17) is 0 Å². The topological polar surface area (TPSA) is 131 Å². The molecule has 3 amide bonds. The molecule has 0 saturated carbocycles. The Morgan fingerprint density at radius 2 is 1.87 bits per heavy atom. The summed E-state index contributed by atoms with van der Waals surface area (Å²) in [6, 6.07) is 7.67. The second-order valence-electron chi connectivity index (χ2n) is 9.76. The lowest BCUT2D eigenvalue weighted by molar-refractivity contribution is -0.134. The Balaban J connectivity index is 1.44. The number of hydrogen-bond acceptors (Lipinski definition) is 7. The molecule has 2 heterocycles. The van der Waals surface area contributed by atoms with Crippen LogP contribution in [0.4, 0.5) is 5.69 Å². The van der Waals surface area contributed by atoms with Crippen molar-refractivity contribution in [3.05, 3.63) is 42.5 Å². The Bertz CT molecular complexity index is 1090. The molecule has 1 aromatic rings. The van der Waals surface area contributed by atoms with Crippen LogP contribution in [0.15, 0.2) is 36.9 Å². The van der Waals surface area contributed by atoms with Crippen molar-refractivity contribution in [2.45, 2.75) is 44.6 Å². The quantitative estimate of drug-likeness (QED) is 0.246. The van der Waals surface area contributed by atoms with Gasteiger partial charge in [-0.05, 0) is 56.0 Å². The van der Waals surface area contributed by atoms with Gasteiger partial charge in [-0.2, -0.15) is 12.7 Å². The Labute approximate surface area is 225 Å². The Morgan fingerprint density at radius 1 is 1.18 bits per heavy atom. The van der Waals surface area contributed by atoms with Crippen molar-refractivity contribution in [1.82, 2.24) is 24.1 Å². The molecule has 12 heteroatoms.